The Labute approximate surface area is 151 Å². The first-order valence-corrected chi connectivity index (χ1v) is 10.2. The number of nitrogens with zero attached hydrogens (tertiary/aromatic N) is 1. The van der Waals surface area contributed by atoms with Crippen molar-refractivity contribution in [2.24, 2.45) is 11.3 Å². The zero-order valence-corrected chi connectivity index (χ0v) is 15.7. The molecular weight excluding hydrogens is 314 g/mol. The normalized spacial score (nSPS) is 31.3. The monoisotopic (exact) mass is 347 g/mol. The van der Waals surface area contributed by atoms with Crippen LogP contribution in [0.15, 0.2) is 16.5 Å². The molecule has 4 nitrogen and oxygen atoms in total. The molecule has 0 aromatic carbocycles. The Bertz CT molecular complexity index is 551. The van der Waals surface area contributed by atoms with Crippen molar-refractivity contribution >= 4 is 0 Å². The van der Waals surface area contributed by atoms with Gasteiger partial charge in [-0.2, -0.15) is 0 Å². The molecule has 25 heavy (non-hydrogen) atoms. The fraction of sp³-hybridized carbons (Fsp3) is 0.810. The minimum atomic E-state index is 0.177. The van der Waals surface area contributed by atoms with Gasteiger partial charge in [0, 0.05) is 31.7 Å². The molecule has 1 aliphatic carbocycles. The van der Waals surface area contributed by atoms with Gasteiger partial charge in [-0.05, 0) is 57.1 Å². The first kappa shape index (κ1) is 17.6. The average molecular weight is 347 g/mol. The van der Waals surface area contributed by atoms with E-state index in [0.29, 0.717) is 6.10 Å². The highest BCUT2D eigenvalue weighted by Gasteiger charge is 2.46. The highest BCUT2D eigenvalue weighted by atomic mass is 16.5. The maximum Gasteiger partial charge on any atom is 0.118 e. The van der Waals surface area contributed by atoms with Crippen LogP contribution in [0.3, 0.4) is 0 Å². The Balaban J connectivity index is 1.37. The van der Waals surface area contributed by atoms with Gasteiger partial charge in [0.1, 0.15) is 11.5 Å². The summed E-state index contributed by atoms with van der Waals surface area (Å²) in [4.78, 5) is 2.54. The molecule has 4 heteroatoms. The minimum Gasteiger partial charge on any atom is -0.465 e. The SMILES string of the molecule is Cc1ccc(CN2CC[C@@H]3OCCC[C@]3(COCC3CCCC3)C2)o1. The molecule has 2 saturated heterocycles. The second-order valence-corrected chi connectivity index (χ2v) is 8.50. The van der Waals surface area contributed by atoms with Gasteiger partial charge in [0.05, 0.1) is 19.3 Å². The van der Waals surface area contributed by atoms with Crippen molar-refractivity contribution in [1.82, 2.24) is 4.90 Å². The molecule has 1 aromatic rings. The van der Waals surface area contributed by atoms with E-state index >= 15 is 0 Å². The number of furan rings is 1. The number of hydrogen-bond donors (Lipinski definition) is 0. The van der Waals surface area contributed by atoms with Crippen molar-refractivity contribution in [3.8, 4) is 0 Å². The molecule has 0 spiro atoms. The van der Waals surface area contributed by atoms with E-state index in [9.17, 15) is 0 Å². The van der Waals surface area contributed by atoms with Crippen LogP contribution in [0.25, 0.3) is 0 Å². The lowest BCUT2D eigenvalue weighted by Crippen LogP contribution is -2.56. The number of ether oxygens (including phenoxy) is 2. The van der Waals surface area contributed by atoms with E-state index < -0.39 is 0 Å². The molecule has 0 unspecified atom stereocenters. The topological polar surface area (TPSA) is 34.8 Å². The fourth-order valence-electron chi connectivity index (χ4n) is 5.12. The van der Waals surface area contributed by atoms with Gasteiger partial charge in [0.2, 0.25) is 0 Å². The molecule has 3 heterocycles. The van der Waals surface area contributed by atoms with E-state index in [0.717, 1.165) is 69.7 Å². The zero-order chi connectivity index (χ0) is 17.1. The maximum atomic E-state index is 6.29. The van der Waals surface area contributed by atoms with Gasteiger partial charge in [-0.15, -0.1) is 0 Å². The summed E-state index contributed by atoms with van der Waals surface area (Å²) in [7, 11) is 0. The Hall–Kier alpha value is -0.840. The first-order valence-electron chi connectivity index (χ1n) is 10.2. The third-order valence-electron chi connectivity index (χ3n) is 6.46. The molecule has 2 aliphatic heterocycles. The molecule has 0 amide bonds. The number of likely N-dealkylation sites (tertiary alicyclic amines) is 1. The smallest absolute Gasteiger partial charge is 0.118 e. The van der Waals surface area contributed by atoms with Gasteiger partial charge >= 0.3 is 0 Å². The van der Waals surface area contributed by atoms with Crippen molar-refractivity contribution in [3.63, 3.8) is 0 Å². The van der Waals surface area contributed by atoms with E-state index in [4.69, 9.17) is 13.9 Å². The lowest BCUT2D eigenvalue weighted by molar-refractivity contribution is -0.156. The zero-order valence-electron chi connectivity index (χ0n) is 15.7. The summed E-state index contributed by atoms with van der Waals surface area (Å²) in [5, 5.41) is 0. The van der Waals surface area contributed by atoms with Crippen molar-refractivity contribution in [3.05, 3.63) is 23.7 Å². The van der Waals surface area contributed by atoms with Gasteiger partial charge < -0.3 is 13.9 Å². The number of fused-ring (bicyclic) bond motifs is 1. The van der Waals surface area contributed by atoms with Crippen LogP contribution in [-0.4, -0.2) is 43.9 Å². The largest absolute Gasteiger partial charge is 0.465 e. The van der Waals surface area contributed by atoms with E-state index in [1.807, 2.05) is 6.92 Å². The first-order chi connectivity index (χ1) is 12.2. The second-order valence-electron chi connectivity index (χ2n) is 8.50. The summed E-state index contributed by atoms with van der Waals surface area (Å²) in [5.41, 5.74) is 0.177. The molecule has 0 radical (unpaired) electrons. The van der Waals surface area contributed by atoms with Crippen LogP contribution in [-0.2, 0) is 16.0 Å². The van der Waals surface area contributed by atoms with Gasteiger partial charge in [-0.3, -0.25) is 4.90 Å². The number of piperidine rings is 1. The Morgan fingerprint density at radius 3 is 2.88 bits per heavy atom. The minimum absolute atomic E-state index is 0.177. The summed E-state index contributed by atoms with van der Waals surface area (Å²) >= 11 is 0. The van der Waals surface area contributed by atoms with Crippen molar-refractivity contribution in [2.75, 3.05) is 32.9 Å². The maximum absolute atomic E-state index is 6.29. The summed E-state index contributed by atoms with van der Waals surface area (Å²) in [6.07, 6.45) is 9.38. The molecule has 0 bridgehead atoms. The Morgan fingerprint density at radius 2 is 2.08 bits per heavy atom. The highest BCUT2D eigenvalue weighted by Crippen LogP contribution is 2.41. The predicted molar refractivity (Wildman–Crippen MR) is 97.5 cm³/mol. The number of aryl methyl sites for hydroxylation is 1. The molecule has 4 rings (SSSR count). The number of rotatable bonds is 6. The van der Waals surface area contributed by atoms with Crippen molar-refractivity contribution in [2.45, 2.75) is 64.5 Å². The summed E-state index contributed by atoms with van der Waals surface area (Å²) in [6.45, 7) is 7.82. The fourth-order valence-corrected chi connectivity index (χ4v) is 5.12. The van der Waals surface area contributed by atoms with Gasteiger partial charge in [0.15, 0.2) is 0 Å². The Morgan fingerprint density at radius 1 is 1.20 bits per heavy atom. The highest BCUT2D eigenvalue weighted by molar-refractivity contribution is 5.06. The second kappa shape index (κ2) is 7.81. The molecule has 1 saturated carbocycles. The van der Waals surface area contributed by atoms with E-state index in [-0.39, 0.29) is 5.41 Å². The summed E-state index contributed by atoms with van der Waals surface area (Å²) < 4.78 is 18.3. The van der Waals surface area contributed by atoms with Gasteiger partial charge in [-0.25, -0.2) is 0 Å². The van der Waals surface area contributed by atoms with Gasteiger partial charge in [-0.1, -0.05) is 12.8 Å². The van der Waals surface area contributed by atoms with E-state index in [1.165, 1.54) is 32.1 Å². The van der Waals surface area contributed by atoms with Crippen molar-refractivity contribution < 1.29 is 13.9 Å². The summed E-state index contributed by atoms with van der Waals surface area (Å²) in [6, 6.07) is 4.17. The van der Waals surface area contributed by atoms with Crippen LogP contribution in [0.2, 0.25) is 0 Å². The standard InChI is InChI=1S/C21H33NO3/c1-17-7-8-19(25-17)13-22-11-9-20-21(15-22,10-4-12-24-20)16-23-14-18-5-2-3-6-18/h7-8,18,20H,2-6,9-16H2,1H3/t20-,21+/m0/s1. The molecule has 140 valence electrons. The van der Waals surface area contributed by atoms with Crippen LogP contribution < -0.4 is 0 Å². The lowest BCUT2D eigenvalue weighted by Gasteiger charge is -2.50. The van der Waals surface area contributed by atoms with Crippen LogP contribution >= 0.6 is 0 Å². The van der Waals surface area contributed by atoms with Crippen LogP contribution in [0.5, 0.6) is 0 Å². The van der Waals surface area contributed by atoms with E-state index in [2.05, 4.69) is 17.0 Å². The molecule has 3 fully saturated rings. The quantitative estimate of drug-likeness (QED) is 0.774. The molecular formula is C21H33NO3. The third kappa shape index (κ3) is 4.12. The Kier molecular flexibility index (Phi) is 5.49. The molecule has 3 aliphatic rings. The molecule has 0 N–H and O–H groups in total. The predicted octanol–water partition coefficient (Wildman–Crippen LogP) is 4.17. The number of hydrogen-bond acceptors (Lipinski definition) is 4. The van der Waals surface area contributed by atoms with Crippen LogP contribution in [0.1, 0.15) is 56.5 Å². The van der Waals surface area contributed by atoms with Crippen LogP contribution in [0, 0.1) is 18.3 Å². The third-order valence-corrected chi connectivity index (χ3v) is 6.46. The van der Waals surface area contributed by atoms with Crippen molar-refractivity contribution in [1.29, 1.82) is 0 Å². The summed E-state index contributed by atoms with van der Waals surface area (Å²) in [5.74, 6) is 2.88. The molecule has 1 aromatic heterocycles. The molecule has 2 atom stereocenters. The van der Waals surface area contributed by atoms with Gasteiger partial charge in [0.25, 0.3) is 0 Å². The average Bonchev–Trinajstić information content (AvgIpc) is 3.26. The van der Waals surface area contributed by atoms with Crippen LogP contribution in [0.4, 0.5) is 0 Å². The lowest BCUT2D eigenvalue weighted by atomic mass is 9.73. The van der Waals surface area contributed by atoms with E-state index in [1.54, 1.807) is 0 Å².